The molecule has 0 amide bonds. The molecule has 0 saturated carbocycles. The predicted molar refractivity (Wildman–Crippen MR) is 109 cm³/mol. The van der Waals surface area contributed by atoms with Crippen LogP contribution in [-0.2, 0) is 0 Å². The first kappa shape index (κ1) is 18.7. The van der Waals surface area contributed by atoms with Gasteiger partial charge in [0.2, 0.25) is 5.95 Å². The third-order valence-electron chi connectivity index (χ3n) is 4.58. The lowest BCUT2D eigenvalue weighted by Gasteiger charge is -2.36. The van der Waals surface area contributed by atoms with Crippen molar-refractivity contribution < 1.29 is 0 Å². The molecule has 2 heterocycles. The minimum Gasteiger partial charge on any atom is -0.368 e. The molecule has 0 N–H and O–H groups in total. The molecule has 0 atom stereocenters. The summed E-state index contributed by atoms with van der Waals surface area (Å²) in [5.41, 5.74) is 1.17. The Labute approximate surface area is 160 Å². The summed E-state index contributed by atoms with van der Waals surface area (Å²) in [6, 6.07) is 8.03. The highest BCUT2D eigenvalue weighted by molar-refractivity contribution is 6.30. The summed E-state index contributed by atoms with van der Waals surface area (Å²) >= 11 is 6.12. The molecule has 1 aromatic carbocycles. The second-order valence-electron chi connectivity index (χ2n) is 6.56. The van der Waals surface area contributed by atoms with Gasteiger partial charge in [0.05, 0.1) is 6.20 Å². The van der Waals surface area contributed by atoms with Crippen LogP contribution in [0.4, 0.5) is 17.5 Å². The van der Waals surface area contributed by atoms with Gasteiger partial charge < -0.3 is 14.7 Å². The van der Waals surface area contributed by atoms with Gasteiger partial charge in [-0.3, -0.25) is 0 Å². The third-order valence-corrected chi connectivity index (χ3v) is 4.82. The van der Waals surface area contributed by atoms with Gasteiger partial charge in [0, 0.05) is 50.0 Å². The van der Waals surface area contributed by atoms with Crippen molar-refractivity contribution in [2.45, 2.75) is 26.7 Å². The van der Waals surface area contributed by atoms with Crippen LogP contribution in [0.25, 0.3) is 0 Å². The zero-order valence-electron chi connectivity index (χ0n) is 15.6. The van der Waals surface area contributed by atoms with Crippen molar-refractivity contribution in [1.29, 1.82) is 0 Å². The molecule has 6 nitrogen and oxygen atoms in total. The Hall–Kier alpha value is -2.08. The SMILES string of the molecule is CCCN(CCC)c1cnnc(N2CCN(c3cccc(Cl)c3)CC2)n1. The van der Waals surface area contributed by atoms with Gasteiger partial charge in [-0.05, 0) is 31.0 Å². The minimum absolute atomic E-state index is 0.727. The number of rotatable bonds is 7. The van der Waals surface area contributed by atoms with Crippen molar-refractivity contribution in [2.75, 3.05) is 54.0 Å². The Morgan fingerprint density at radius 2 is 1.73 bits per heavy atom. The average Bonchev–Trinajstić information content (AvgIpc) is 2.68. The van der Waals surface area contributed by atoms with E-state index in [9.17, 15) is 0 Å². The lowest BCUT2D eigenvalue weighted by molar-refractivity contribution is 0.632. The first-order chi connectivity index (χ1) is 12.7. The van der Waals surface area contributed by atoms with Crippen LogP contribution < -0.4 is 14.7 Å². The van der Waals surface area contributed by atoms with Gasteiger partial charge in [0.15, 0.2) is 5.82 Å². The van der Waals surface area contributed by atoms with Gasteiger partial charge in [-0.25, -0.2) is 0 Å². The fourth-order valence-corrected chi connectivity index (χ4v) is 3.47. The molecular weight excluding hydrogens is 348 g/mol. The number of halogens is 1. The zero-order chi connectivity index (χ0) is 18.4. The second-order valence-corrected chi connectivity index (χ2v) is 6.99. The molecule has 0 spiro atoms. The van der Waals surface area contributed by atoms with Crippen LogP contribution in [0.2, 0.25) is 5.02 Å². The van der Waals surface area contributed by atoms with Crippen LogP contribution in [0.3, 0.4) is 0 Å². The van der Waals surface area contributed by atoms with Gasteiger partial charge in [-0.1, -0.05) is 31.5 Å². The second kappa shape index (κ2) is 9.03. The Balaban J connectivity index is 1.66. The molecule has 1 aliphatic heterocycles. The summed E-state index contributed by atoms with van der Waals surface area (Å²) in [6.07, 6.45) is 3.96. The largest absolute Gasteiger partial charge is 0.368 e. The molecule has 0 unspecified atom stereocenters. The minimum atomic E-state index is 0.727. The monoisotopic (exact) mass is 374 g/mol. The summed E-state index contributed by atoms with van der Waals surface area (Å²) in [7, 11) is 0. The summed E-state index contributed by atoms with van der Waals surface area (Å²) in [6.45, 7) is 9.95. The fourth-order valence-electron chi connectivity index (χ4n) is 3.29. The molecule has 1 aliphatic rings. The van der Waals surface area contributed by atoms with Crippen molar-refractivity contribution in [3.05, 3.63) is 35.5 Å². The molecule has 7 heteroatoms. The molecule has 0 radical (unpaired) electrons. The molecule has 140 valence electrons. The average molecular weight is 375 g/mol. The predicted octanol–water partition coefficient (Wildman–Crippen LogP) is 3.48. The molecule has 3 rings (SSSR count). The molecule has 1 aromatic heterocycles. The van der Waals surface area contributed by atoms with Crippen molar-refractivity contribution in [3.63, 3.8) is 0 Å². The van der Waals surface area contributed by atoms with Crippen molar-refractivity contribution in [1.82, 2.24) is 15.2 Å². The van der Waals surface area contributed by atoms with Gasteiger partial charge in [-0.15, -0.1) is 5.10 Å². The zero-order valence-corrected chi connectivity index (χ0v) is 16.4. The highest BCUT2D eigenvalue weighted by Gasteiger charge is 2.20. The van der Waals surface area contributed by atoms with Crippen molar-refractivity contribution in [3.8, 4) is 0 Å². The first-order valence-electron chi connectivity index (χ1n) is 9.41. The number of aromatic nitrogens is 3. The van der Waals surface area contributed by atoms with Crippen molar-refractivity contribution >= 4 is 29.1 Å². The number of benzene rings is 1. The highest BCUT2D eigenvalue weighted by atomic mass is 35.5. The molecule has 1 fully saturated rings. The highest BCUT2D eigenvalue weighted by Crippen LogP contribution is 2.22. The lowest BCUT2D eigenvalue weighted by Crippen LogP contribution is -2.47. The number of nitrogens with zero attached hydrogens (tertiary/aromatic N) is 6. The number of anilines is 3. The summed E-state index contributed by atoms with van der Waals surface area (Å²) in [4.78, 5) is 11.6. The van der Waals surface area contributed by atoms with E-state index in [0.29, 0.717) is 0 Å². The summed E-state index contributed by atoms with van der Waals surface area (Å²) < 4.78 is 0. The van der Waals surface area contributed by atoms with Gasteiger partial charge in [0.25, 0.3) is 0 Å². The van der Waals surface area contributed by atoms with E-state index in [-0.39, 0.29) is 0 Å². The number of hydrogen-bond donors (Lipinski definition) is 0. The Bertz CT molecular complexity index is 696. The Morgan fingerprint density at radius 1 is 1.04 bits per heavy atom. The first-order valence-corrected chi connectivity index (χ1v) is 9.79. The van der Waals surface area contributed by atoms with Crippen LogP contribution in [0.5, 0.6) is 0 Å². The fraction of sp³-hybridized carbons (Fsp3) is 0.526. The van der Waals surface area contributed by atoms with Crippen LogP contribution in [0, 0.1) is 0 Å². The van der Waals surface area contributed by atoms with Crippen LogP contribution in [-0.4, -0.2) is 54.4 Å². The van der Waals surface area contributed by atoms with Gasteiger partial charge in [-0.2, -0.15) is 10.1 Å². The van der Waals surface area contributed by atoms with E-state index in [2.05, 4.69) is 44.8 Å². The summed E-state index contributed by atoms with van der Waals surface area (Å²) in [5, 5.41) is 9.26. The van der Waals surface area contributed by atoms with Crippen molar-refractivity contribution in [2.24, 2.45) is 0 Å². The standard InChI is InChI=1S/C19H27ClN6/c1-3-8-25(9-4-2)18-15-21-23-19(22-18)26-12-10-24(11-13-26)17-7-5-6-16(20)14-17/h5-7,14-15H,3-4,8-13H2,1-2H3. The molecule has 1 saturated heterocycles. The van der Waals surface area contributed by atoms with Gasteiger partial charge >= 0.3 is 0 Å². The van der Waals surface area contributed by atoms with Gasteiger partial charge in [0.1, 0.15) is 0 Å². The maximum atomic E-state index is 6.12. The molecule has 0 aliphatic carbocycles. The normalized spacial score (nSPS) is 14.6. The molecule has 0 bridgehead atoms. The molecule has 26 heavy (non-hydrogen) atoms. The number of hydrogen-bond acceptors (Lipinski definition) is 6. The van der Waals surface area contributed by atoms with E-state index in [4.69, 9.17) is 16.6 Å². The maximum Gasteiger partial charge on any atom is 0.247 e. The molecule has 2 aromatic rings. The van der Waals surface area contributed by atoms with Crippen LogP contribution in [0.1, 0.15) is 26.7 Å². The smallest absolute Gasteiger partial charge is 0.247 e. The molecular formula is C19H27ClN6. The topological polar surface area (TPSA) is 48.4 Å². The van der Waals surface area contributed by atoms with E-state index in [1.54, 1.807) is 6.20 Å². The quantitative estimate of drug-likeness (QED) is 0.739. The number of piperazine rings is 1. The maximum absolute atomic E-state index is 6.12. The Morgan fingerprint density at radius 3 is 2.38 bits per heavy atom. The summed E-state index contributed by atoms with van der Waals surface area (Å²) in [5.74, 6) is 1.65. The van der Waals surface area contributed by atoms with E-state index >= 15 is 0 Å². The lowest BCUT2D eigenvalue weighted by atomic mass is 10.2. The van der Waals surface area contributed by atoms with E-state index in [1.807, 2.05) is 18.2 Å². The van der Waals surface area contributed by atoms with E-state index in [0.717, 1.165) is 68.9 Å². The van der Waals surface area contributed by atoms with E-state index < -0.39 is 0 Å². The van der Waals surface area contributed by atoms with Crippen LogP contribution in [0.15, 0.2) is 30.5 Å². The third kappa shape index (κ3) is 4.55. The Kier molecular flexibility index (Phi) is 6.50. The van der Waals surface area contributed by atoms with E-state index in [1.165, 1.54) is 5.69 Å². The van der Waals surface area contributed by atoms with Crippen LogP contribution >= 0.6 is 11.6 Å².